The molecule has 1 aliphatic rings. The van der Waals surface area contributed by atoms with Gasteiger partial charge in [0.1, 0.15) is 0 Å². The molecular formula is C11H20FN3. The molecule has 15 heavy (non-hydrogen) atoms. The lowest BCUT2D eigenvalue weighted by atomic mass is 10.2. The maximum absolute atomic E-state index is 11.9. The first-order valence-electron chi connectivity index (χ1n) is 5.62. The van der Waals surface area contributed by atoms with Crippen molar-refractivity contribution in [2.24, 2.45) is 4.99 Å². The van der Waals surface area contributed by atoms with E-state index in [1.54, 1.807) is 0 Å². The fourth-order valence-corrected chi connectivity index (χ4v) is 1.50. The summed E-state index contributed by atoms with van der Waals surface area (Å²) in [5.41, 5.74) is 0. The Balaban J connectivity index is 2.31. The molecule has 0 aromatic carbocycles. The van der Waals surface area contributed by atoms with Gasteiger partial charge in [0, 0.05) is 19.1 Å². The first-order chi connectivity index (χ1) is 7.36. The molecule has 1 aliphatic carbocycles. The van der Waals surface area contributed by atoms with Gasteiger partial charge in [0.05, 0.1) is 6.67 Å². The summed E-state index contributed by atoms with van der Waals surface area (Å²) in [6.07, 6.45) is 6.94. The molecular weight excluding hydrogens is 193 g/mol. The second kappa shape index (κ2) is 7.26. The van der Waals surface area contributed by atoms with Gasteiger partial charge in [0.15, 0.2) is 5.96 Å². The Kier molecular flexibility index (Phi) is 5.81. The summed E-state index contributed by atoms with van der Waals surface area (Å²) in [7, 11) is 0. The normalized spacial score (nSPS) is 17.1. The summed E-state index contributed by atoms with van der Waals surface area (Å²) in [6, 6.07) is 0.452. The molecule has 0 aromatic heterocycles. The molecule has 0 unspecified atom stereocenters. The van der Waals surface area contributed by atoms with Gasteiger partial charge in [-0.25, -0.2) is 0 Å². The number of hydrogen-bond acceptors (Lipinski definition) is 1. The van der Waals surface area contributed by atoms with Gasteiger partial charge in [-0.05, 0) is 26.2 Å². The second-order valence-corrected chi connectivity index (χ2v) is 3.59. The largest absolute Gasteiger partial charge is 0.357 e. The van der Waals surface area contributed by atoms with Gasteiger partial charge in [-0.1, -0.05) is 12.2 Å². The third-order valence-electron chi connectivity index (χ3n) is 2.25. The van der Waals surface area contributed by atoms with Crippen LogP contribution in [-0.2, 0) is 0 Å². The first-order valence-corrected chi connectivity index (χ1v) is 5.62. The van der Waals surface area contributed by atoms with Gasteiger partial charge < -0.3 is 10.6 Å². The van der Waals surface area contributed by atoms with Crippen LogP contribution in [0.4, 0.5) is 4.39 Å². The van der Waals surface area contributed by atoms with Crippen molar-refractivity contribution in [3.63, 3.8) is 0 Å². The smallest absolute Gasteiger partial charge is 0.191 e. The van der Waals surface area contributed by atoms with Crippen LogP contribution >= 0.6 is 0 Å². The van der Waals surface area contributed by atoms with E-state index < -0.39 is 0 Å². The Morgan fingerprint density at radius 3 is 2.80 bits per heavy atom. The highest BCUT2D eigenvalue weighted by Gasteiger charge is 2.10. The standard InChI is InChI=1S/C11H20FN3/c1-2-13-11(14-9-5-8-12)15-10-6-3-4-7-10/h3-4,10H,2,5-9H2,1H3,(H2,13,14,15). The molecule has 0 atom stereocenters. The van der Waals surface area contributed by atoms with Crippen LogP contribution in [0.2, 0.25) is 0 Å². The molecule has 0 amide bonds. The Morgan fingerprint density at radius 2 is 2.20 bits per heavy atom. The summed E-state index contributed by atoms with van der Waals surface area (Å²) >= 11 is 0. The van der Waals surface area contributed by atoms with E-state index in [0.717, 1.165) is 25.3 Å². The Morgan fingerprint density at radius 1 is 1.47 bits per heavy atom. The SMILES string of the molecule is CCNC(=NCCCF)NC1CC=CC1. The van der Waals surface area contributed by atoms with Crippen LogP contribution in [0.5, 0.6) is 0 Å². The highest BCUT2D eigenvalue weighted by molar-refractivity contribution is 5.80. The monoisotopic (exact) mass is 213 g/mol. The third kappa shape index (κ3) is 4.81. The molecule has 3 nitrogen and oxygen atoms in total. The predicted octanol–water partition coefficient (Wildman–Crippen LogP) is 1.62. The fraction of sp³-hybridized carbons (Fsp3) is 0.727. The molecule has 0 aromatic rings. The quantitative estimate of drug-likeness (QED) is 0.315. The maximum atomic E-state index is 11.9. The minimum Gasteiger partial charge on any atom is -0.357 e. The van der Waals surface area contributed by atoms with Crippen molar-refractivity contribution in [3.8, 4) is 0 Å². The van der Waals surface area contributed by atoms with Crippen molar-refractivity contribution in [1.82, 2.24) is 10.6 Å². The Bertz CT molecular complexity index is 218. The maximum Gasteiger partial charge on any atom is 0.191 e. The van der Waals surface area contributed by atoms with E-state index in [1.165, 1.54) is 0 Å². The van der Waals surface area contributed by atoms with Crippen LogP contribution in [0.25, 0.3) is 0 Å². The second-order valence-electron chi connectivity index (χ2n) is 3.59. The molecule has 86 valence electrons. The van der Waals surface area contributed by atoms with Crippen molar-refractivity contribution < 1.29 is 4.39 Å². The first kappa shape index (κ1) is 12.0. The lowest BCUT2D eigenvalue weighted by Gasteiger charge is -2.16. The minimum absolute atomic E-state index is 0.298. The number of aliphatic imine (C=N–C) groups is 1. The lowest BCUT2D eigenvalue weighted by Crippen LogP contribution is -2.42. The number of hydrogen-bond donors (Lipinski definition) is 2. The van der Waals surface area contributed by atoms with E-state index in [9.17, 15) is 4.39 Å². The van der Waals surface area contributed by atoms with Gasteiger partial charge in [-0.15, -0.1) is 0 Å². The molecule has 2 N–H and O–H groups in total. The van der Waals surface area contributed by atoms with Crippen molar-refractivity contribution in [3.05, 3.63) is 12.2 Å². The number of rotatable bonds is 5. The average Bonchev–Trinajstić information content (AvgIpc) is 2.71. The zero-order valence-electron chi connectivity index (χ0n) is 9.30. The number of nitrogens with zero attached hydrogens (tertiary/aromatic N) is 1. The van der Waals surface area contributed by atoms with Crippen molar-refractivity contribution in [2.75, 3.05) is 19.8 Å². The highest BCUT2D eigenvalue weighted by atomic mass is 19.1. The zero-order chi connectivity index (χ0) is 10.9. The number of guanidine groups is 1. The van der Waals surface area contributed by atoms with Crippen LogP contribution in [0.3, 0.4) is 0 Å². The molecule has 1 rings (SSSR count). The summed E-state index contributed by atoms with van der Waals surface area (Å²) < 4.78 is 11.9. The molecule has 0 spiro atoms. The third-order valence-corrected chi connectivity index (χ3v) is 2.25. The van der Waals surface area contributed by atoms with Crippen LogP contribution in [-0.4, -0.2) is 31.8 Å². The molecule has 0 bridgehead atoms. The van der Waals surface area contributed by atoms with E-state index in [2.05, 4.69) is 27.8 Å². The van der Waals surface area contributed by atoms with Crippen molar-refractivity contribution in [1.29, 1.82) is 0 Å². The summed E-state index contributed by atoms with van der Waals surface area (Å²) in [4.78, 5) is 4.29. The molecule has 0 saturated heterocycles. The summed E-state index contributed by atoms with van der Waals surface area (Å²) in [6.45, 7) is 3.11. The van der Waals surface area contributed by atoms with Crippen LogP contribution < -0.4 is 10.6 Å². The molecule has 0 aliphatic heterocycles. The van der Waals surface area contributed by atoms with Crippen molar-refractivity contribution in [2.45, 2.75) is 32.2 Å². The number of alkyl halides is 1. The highest BCUT2D eigenvalue weighted by Crippen LogP contribution is 2.08. The fourth-order valence-electron chi connectivity index (χ4n) is 1.50. The molecule has 0 radical (unpaired) electrons. The molecule has 4 heteroatoms. The Labute approximate surface area is 90.9 Å². The van der Waals surface area contributed by atoms with Crippen LogP contribution in [0.1, 0.15) is 26.2 Å². The van der Waals surface area contributed by atoms with E-state index in [4.69, 9.17) is 0 Å². The number of nitrogens with one attached hydrogen (secondary N) is 2. The van der Waals surface area contributed by atoms with Gasteiger partial charge in [0.25, 0.3) is 0 Å². The Hall–Kier alpha value is -1.06. The number of halogens is 1. The van der Waals surface area contributed by atoms with Crippen molar-refractivity contribution >= 4 is 5.96 Å². The van der Waals surface area contributed by atoms with E-state index in [0.29, 0.717) is 19.0 Å². The van der Waals surface area contributed by atoms with E-state index >= 15 is 0 Å². The van der Waals surface area contributed by atoms with Crippen LogP contribution in [0, 0.1) is 0 Å². The lowest BCUT2D eigenvalue weighted by molar-refractivity contribution is 0.477. The topological polar surface area (TPSA) is 36.4 Å². The molecule has 0 heterocycles. The molecule has 0 fully saturated rings. The van der Waals surface area contributed by atoms with Crippen LogP contribution in [0.15, 0.2) is 17.1 Å². The zero-order valence-corrected chi connectivity index (χ0v) is 9.30. The molecule has 0 saturated carbocycles. The summed E-state index contributed by atoms with van der Waals surface area (Å²) in [5, 5.41) is 6.49. The summed E-state index contributed by atoms with van der Waals surface area (Å²) in [5.74, 6) is 0.805. The van der Waals surface area contributed by atoms with Gasteiger partial charge in [0.2, 0.25) is 0 Å². The van der Waals surface area contributed by atoms with Gasteiger partial charge >= 0.3 is 0 Å². The minimum atomic E-state index is -0.298. The van der Waals surface area contributed by atoms with E-state index in [1.807, 2.05) is 6.92 Å². The predicted molar refractivity (Wildman–Crippen MR) is 61.9 cm³/mol. The van der Waals surface area contributed by atoms with Gasteiger partial charge in [-0.2, -0.15) is 0 Å². The van der Waals surface area contributed by atoms with Gasteiger partial charge in [-0.3, -0.25) is 9.38 Å². The average molecular weight is 213 g/mol. The van der Waals surface area contributed by atoms with E-state index in [-0.39, 0.29) is 6.67 Å².